The Morgan fingerprint density at radius 2 is 1.94 bits per heavy atom. The average Bonchev–Trinajstić information content (AvgIpc) is 3.19. The highest BCUT2D eigenvalue weighted by atomic mass is 32.1. The number of morpholine rings is 1. The summed E-state index contributed by atoms with van der Waals surface area (Å²) in [4.78, 5) is 22.0. The first-order valence-electron chi connectivity index (χ1n) is 10.7. The van der Waals surface area contributed by atoms with Gasteiger partial charge in [0.25, 0.3) is 0 Å². The van der Waals surface area contributed by atoms with Crippen molar-refractivity contribution < 1.29 is 9.53 Å². The molecule has 8 heteroatoms. The SMILES string of the molecule is Nc1nc2ccc(N(CCN3CCOCC3)C(=O)Nc3cccc4ccccc34)cc2s1. The molecule has 0 spiro atoms. The molecule has 0 saturated carbocycles. The van der Waals surface area contributed by atoms with Crippen LogP contribution in [0.15, 0.2) is 60.7 Å². The molecule has 3 N–H and O–H groups in total. The summed E-state index contributed by atoms with van der Waals surface area (Å²) in [5.74, 6) is 0. The molecular weight excluding hydrogens is 422 g/mol. The van der Waals surface area contributed by atoms with Crippen LogP contribution in [0, 0.1) is 0 Å². The van der Waals surface area contributed by atoms with Gasteiger partial charge in [0, 0.05) is 37.3 Å². The lowest BCUT2D eigenvalue weighted by molar-refractivity contribution is 0.0393. The van der Waals surface area contributed by atoms with Crippen LogP contribution in [0.3, 0.4) is 0 Å². The van der Waals surface area contributed by atoms with Crippen LogP contribution in [0.2, 0.25) is 0 Å². The lowest BCUT2D eigenvalue weighted by Crippen LogP contribution is -2.44. The quantitative estimate of drug-likeness (QED) is 0.474. The van der Waals surface area contributed by atoms with E-state index in [2.05, 4.69) is 15.2 Å². The van der Waals surface area contributed by atoms with Crippen molar-refractivity contribution in [3.63, 3.8) is 0 Å². The van der Waals surface area contributed by atoms with Crippen molar-refractivity contribution in [2.45, 2.75) is 0 Å². The highest BCUT2D eigenvalue weighted by Gasteiger charge is 2.20. The van der Waals surface area contributed by atoms with Crippen LogP contribution in [0.25, 0.3) is 21.0 Å². The van der Waals surface area contributed by atoms with E-state index in [0.717, 1.165) is 65.2 Å². The first-order chi connectivity index (χ1) is 15.7. The van der Waals surface area contributed by atoms with Gasteiger partial charge in [-0.25, -0.2) is 9.78 Å². The van der Waals surface area contributed by atoms with E-state index in [1.165, 1.54) is 11.3 Å². The maximum Gasteiger partial charge on any atom is 0.326 e. The van der Waals surface area contributed by atoms with Gasteiger partial charge in [-0.1, -0.05) is 47.7 Å². The number of nitrogens with two attached hydrogens (primary N) is 1. The molecule has 1 aliphatic rings. The smallest absolute Gasteiger partial charge is 0.326 e. The standard InChI is InChI=1S/C24H25N5O2S/c25-23-26-21-9-8-18(16-22(21)32-23)29(11-10-28-12-14-31-15-13-28)24(30)27-20-7-3-5-17-4-1-2-6-19(17)20/h1-9,16H,10-15H2,(H2,25,26)(H,27,30). The maximum atomic E-state index is 13.5. The molecule has 32 heavy (non-hydrogen) atoms. The molecule has 0 aliphatic carbocycles. The van der Waals surface area contributed by atoms with E-state index in [-0.39, 0.29) is 6.03 Å². The summed E-state index contributed by atoms with van der Waals surface area (Å²) >= 11 is 1.43. The molecule has 164 valence electrons. The van der Waals surface area contributed by atoms with E-state index < -0.39 is 0 Å². The Labute approximate surface area is 190 Å². The summed E-state index contributed by atoms with van der Waals surface area (Å²) < 4.78 is 6.42. The fourth-order valence-electron chi connectivity index (χ4n) is 4.03. The predicted octanol–water partition coefficient (Wildman–Crippen LogP) is 4.40. The number of nitrogens with one attached hydrogen (secondary N) is 1. The van der Waals surface area contributed by atoms with Gasteiger partial charge in [-0.2, -0.15) is 0 Å². The highest BCUT2D eigenvalue weighted by molar-refractivity contribution is 7.22. The van der Waals surface area contributed by atoms with Gasteiger partial charge >= 0.3 is 6.03 Å². The third-order valence-corrected chi connectivity index (χ3v) is 6.57. The molecule has 7 nitrogen and oxygen atoms in total. The van der Waals surface area contributed by atoms with Crippen molar-refractivity contribution in [2.75, 3.05) is 55.3 Å². The Morgan fingerprint density at radius 1 is 1.12 bits per heavy atom. The summed E-state index contributed by atoms with van der Waals surface area (Å²) in [6.45, 7) is 4.56. The minimum atomic E-state index is -0.161. The molecule has 2 amide bonds. The zero-order chi connectivity index (χ0) is 21.9. The van der Waals surface area contributed by atoms with Gasteiger partial charge in [-0.15, -0.1) is 0 Å². The number of anilines is 3. The number of hydrogen-bond donors (Lipinski definition) is 2. The largest absolute Gasteiger partial charge is 0.379 e. The summed E-state index contributed by atoms with van der Waals surface area (Å²) in [5, 5.41) is 5.76. The third-order valence-electron chi connectivity index (χ3n) is 5.72. The molecular formula is C24H25N5O2S. The third kappa shape index (κ3) is 4.38. The molecule has 4 aromatic rings. The van der Waals surface area contributed by atoms with E-state index >= 15 is 0 Å². The number of thiazole rings is 1. The monoisotopic (exact) mass is 447 g/mol. The number of hydrogen-bond acceptors (Lipinski definition) is 6. The molecule has 0 radical (unpaired) electrons. The first-order valence-corrected chi connectivity index (χ1v) is 11.5. The Hall–Kier alpha value is -3.20. The Kier molecular flexibility index (Phi) is 5.89. The summed E-state index contributed by atoms with van der Waals surface area (Å²) in [7, 11) is 0. The average molecular weight is 448 g/mol. The van der Waals surface area contributed by atoms with Gasteiger partial charge in [-0.3, -0.25) is 9.80 Å². The second-order valence-electron chi connectivity index (χ2n) is 7.77. The van der Waals surface area contributed by atoms with Crippen molar-refractivity contribution in [3.05, 3.63) is 60.7 Å². The molecule has 5 rings (SSSR count). The van der Waals surface area contributed by atoms with Crippen LogP contribution in [-0.2, 0) is 4.74 Å². The van der Waals surface area contributed by atoms with Crippen LogP contribution < -0.4 is 16.0 Å². The molecule has 0 bridgehead atoms. The van der Waals surface area contributed by atoms with Crippen molar-refractivity contribution >= 4 is 54.9 Å². The number of nitrogens with zero attached hydrogens (tertiary/aromatic N) is 3. The lowest BCUT2D eigenvalue weighted by Gasteiger charge is -2.30. The Balaban J connectivity index is 1.43. The number of amides is 2. The predicted molar refractivity (Wildman–Crippen MR) is 132 cm³/mol. The first kappa shape index (κ1) is 20.7. The topological polar surface area (TPSA) is 83.7 Å². The van der Waals surface area contributed by atoms with Gasteiger partial charge in [0.05, 0.1) is 29.1 Å². The van der Waals surface area contributed by atoms with E-state index in [1.807, 2.05) is 60.7 Å². The van der Waals surface area contributed by atoms with Crippen molar-refractivity contribution in [1.29, 1.82) is 0 Å². The second-order valence-corrected chi connectivity index (χ2v) is 8.83. The summed E-state index contributed by atoms with van der Waals surface area (Å²) in [6.07, 6.45) is 0. The highest BCUT2D eigenvalue weighted by Crippen LogP contribution is 2.29. The normalized spacial score (nSPS) is 14.6. The molecule has 0 atom stereocenters. The summed E-state index contributed by atoms with van der Waals surface area (Å²) in [6, 6.07) is 19.7. The van der Waals surface area contributed by atoms with E-state index in [9.17, 15) is 4.79 Å². The van der Waals surface area contributed by atoms with Gasteiger partial charge in [0.2, 0.25) is 0 Å². The van der Waals surface area contributed by atoms with E-state index in [4.69, 9.17) is 10.5 Å². The number of ether oxygens (including phenoxy) is 1. The minimum absolute atomic E-state index is 0.161. The fraction of sp³-hybridized carbons (Fsp3) is 0.250. The van der Waals surface area contributed by atoms with Crippen molar-refractivity contribution in [3.8, 4) is 0 Å². The number of carbonyl (C=O) groups is 1. The van der Waals surface area contributed by atoms with Gasteiger partial charge in [0.15, 0.2) is 5.13 Å². The lowest BCUT2D eigenvalue weighted by atomic mass is 10.1. The number of rotatable bonds is 5. The second kappa shape index (κ2) is 9.12. The zero-order valence-electron chi connectivity index (χ0n) is 17.7. The number of nitrogen functional groups attached to an aromatic ring is 1. The van der Waals surface area contributed by atoms with Gasteiger partial charge < -0.3 is 15.8 Å². The summed E-state index contributed by atoms with van der Waals surface area (Å²) in [5.41, 5.74) is 8.35. The Morgan fingerprint density at radius 3 is 2.81 bits per heavy atom. The number of urea groups is 1. The van der Waals surface area contributed by atoms with E-state index in [0.29, 0.717) is 11.7 Å². The Bertz CT molecular complexity index is 1250. The minimum Gasteiger partial charge on any atom is -0.379 e. The molecule has 1 aliphatic heterocycles. The molecule has 2 heterocycles. The molecule has 1 fully saturated rings. The maximum absolute atomic E-state index is 13.5. The van der Waals surface area contributed by atoms with Gasteiger partial charge in [0.1, 0.15) is 0 Å². The number of aromatic nitrogens is 1. The number of fused-ring (bicyclic) bond motifs is 2. The van der Waals surface area contributed by atoms with Crippen molar-refractivity contribution in [2.24, 2.45) is 0 Å². The molecule has 0 unspecified atom stereocenters. The molecule has 3 aromatic carbocycles. The van der Waals surface area contributed by atoms with Crippen molar-refractivity contribution in [1.82, 2.24) is 9.88 Å². The molecule has 1 aromatic heterocycles. The van der Waals surface area contributed by atoms with Crippen LogP contribution in [0.5, 0.6) is 0 Å². The van der Waals surface area contributed by atoms with Crippen LogP contribution in [0.4, 0.5) is 21.3 Å². The zero-order valence-corrected chi connectivity index (χ0v) is 18.5. The number of carbonyl (C=O) groups excluding carboxylic acids is 1. The number of benzene rings is 3. The van der Waals surface area contributed by atoms with Crippen LogP contribution in [0.1, 0.15) is 0 Å². The van der Waals surface area contributed by atoms with Gasteiger partial charge in [-0.05, 0) is 29.7 Å². The molecule has 1 saturated heterocycles. The van der Waals surface area contributed by atoms with Crippen LogP contribution in [-0.4, -0.2) is 55.3 Å². The fourth-order valence-corrected chi connectivity index (χ4v) is 4.80. The van der Waals surface area contributed by atoms with E-state index in [1.54, 1.807) is 4.90 Å². The van der Waals surface area contributed by atoms with Crippen LogP contribution >= 0.6 is 11.3 Å².